The summed E-state index contributed by atoms with van der Waals surface area (Å²) >= 11 is 5.72. The van der Waals surface area contributed by atoms with Crippen LogP contribution in [0.2, 0.25) is 5.02 Å². The number of rotatable bonds is 5. The van der Waals surface area contributed by atoms with Gasteiger partial charge in [-0.3, -0.25) is 0 Å². The number of carboxylic acids is 1. The lowest BCUT2D eigenvalue weighted by Gasteiger charge is -2.18. The lowest BCUT2D eigenvalue weighted by atomic mass is 10.1. The van der Waals surface area contributed by atoms with Crippen molar-refractivity contribution in [2.75, 3.05) is 6.54 Å². The molecule has 9 heteroatoms. The van der Waals surface area contributed by atoms with E-state index in [0.29, 0.717) is 0 Å². The first kappa shape index (κ1) is 16.4. The maximum Gasteiger partial charge on any atom is 0.336 e. The van der Waals surface area contributed by atoms with E-state index >= 15 is 0 Å². The van der Waals surface area contributed by atoms with E-state index in [1.54, 1.807) is 6.07 Å². The number of halogens is 1. The van der Waals surface area contributed by atoms with E-state index in [9.17, 15) is 18.3 Å². The minimum Gasteiger partial charge on any atom is -0.479 e. The summed E-state index contributed by atoms with van der Waals surface area (Å²) < 4.78 is 25.9. The summed E-state index contributed by atoms with van der Waals surface area (Å²) in [6, 6.07) is 5.51. The molecule has 0 aliphatic rings. The Morgan fingerprint density at radius 1 is 1.55 bits per heavy atom. The van der Waals surface area contributed by atoms with Gasteiger partial charge in [-0.1, -0.05) is 17.7 Å². The molecule has 0 aliphatic heterocycles. The maximum absolute atomic E-state index is 12.0. The maximum atomic E-state index is 12.0. The number of aliphatic carboxylic acids is 1. The smallest absolute Gasteiger partial charge is 0.336 e. The predicted molar refractivity (Wildman–Crippen MR) is 69.6 cm³/mol. The molecule has 0 fully saturated rings. The molecule has 1 atom stereocenters. The van der Waals surface area contributed by atoms with Crippen molar-refractivity contribution >= 4 is 27.6 Å². The number of hydrogen-bond acceptors (Lipinski definition) is 5. The minimum atomic E-state index is -4.17. The lowest BCUT2D eigenvalue weighted by Crippen LogP contribution is -2.46. The Balaban J connectivity index is 3.12. The van der Waals surface area contributed by atoms with Crippen LogP contribution in [0.5, 0.6) is 0 Å². The number of carboxylic acid groups (broad SMARTS) is 1. The van der Waals surface area contributed by atoms with Crippen LogP contribution in [0.3, 0.4) is 0 Å². The van der Waals surface area contributed by atoms with Crippen LogP contribution in [0.1, 0.15) is 12.5 Å². The van der Waals surface area contributed by atoms with Crippen LogP contribution >= 0.6 is 11.6 Å². The molecule has 0 amide bonds. The quantitative estimate of drug-likeness (QED) is 0.717. The fraction of sp³-hybridized carbons (Fsp3) is 0.273. The van der Waals surface area contributed by atoms with Crippen molar-refractivity contribution in [1.82, 2.24) is 4.72 Å². The number of aliphatic hydroxyl groups is 1. The second-order valence-corrected chi connectivity index (χ2v) is 6.27. The fourth-order valence-electron chi connectivity index (χ4n) is 1.23. The predicted octanol–water partition coefficient (Wildman–Crippen LogP) is 0.326. The topological polar surface area (TPSA) is 127 Å². The van der Waals surface area contributed by atoms with Crippen molar-refractivity contribution in [3.63, 3.8) is 0 Å². The summed E-state index contributed by atoms with van der Waals surface area (Å²) in [4.78, 5) is 10.3. The highest BCUT2D eigenvalue weighted by atomic mass is 35.5. The van der Waals surface area contributed by atoms with Gasteiger partial charge in [0.1, 0.15) is 11.0 Å². The van der Waals surface area contributed by atoms with Crippen LogP contribution in [-0.4, -0.2) is 36.7 Å². The molecule has 1 rings (SSSR count). The molecule has 0 aliphatic carbocycles. The minimum absolute atomic E-state index is 0.0413. The van der Waals surface area contributed by atoms with Gasteiger partial charge in [0.15, 0.2) is 5.60 Å². The van der Waals surface area contributed by atoms with Gasteiger partial charge < -0.3 is 10.2 Å². The SMILES string of the molecule is CC(O)(CNS(=O)(=O)c1cccc(Cl)c1C#N)C(=O)O. The Hall–Kier alpha value is -1.66. The van der Waals surface area contributed by atoms with Crippen LogP contribution in [0.15, 0.2) is 23.1 Å². The summed E-state index contributed by atoms with van der Waals surface area (Å²) in [6.07, 6.45) is 0. The first-order valence-corrected chi connectivity index (χ1v) is 7.12. The Morgan fingerprint density at radius 2 is 2.15 bits per heavy atom. The molecule has 7 nitrogen and oxygen atoms in total. The highest BCUT2D eigenvalue weighted by molar-refractivity contribution is 7.89. The second-order valence-electron chi connectivity index (χ2n) is 4.13. The number of nitriles is 1. The van der Waals surface area contributed by atoms with E-state index in [0.717, 1.165) is 13.0 Å². The second kappa shape index (κ2) is 5.76. The standard InChI is InChI=1S/C11H11ClN2O5S/c1-11(17,10(15)16)6-14-20(18,19)9-4-2-3-8(12)7(9)5-13/h2-4,14,17H,6H2,1H3,(H,15,16). The van der Waals surface area contributed by atoms with Crippen LogP contribution < -0.4 is 4.72 Å². The van der Waals surface area contributed by atoms with Crippen LogP contribution in [-0.2, 0) is 14.8 Å². The molecule has 1 aromatic carbocycles. The number of benzene rings is 1. The van der Waals surface area contributed by atoms with Gasteiger partial charge >= 0.3 is 5.97 Å². The zero-order valence-electron chi connectivity index (χ0n) is 10.3. The molecular weight excluding hydrogens is 308 g/mol. The Labute approximate surface area is 120 Å². The van der Waals surface area contributed by atoms with E-state index in [1.165, 1.54) is 12.1 Å². The molecular formula is C11H11ClN2O5S. The zero-order valence-corrected chi connectivity index (χ0v) is 11.9. The van der Waals surface area contributed by atoms with Crippen molar-refractivity contribution < 1.29 is 23.4 Å². The average Bonchev–Trinajstić information content (AvgIpc) is 2.36. The Morgan fingerprint density at radius 3 is 2.65 bits per heavy atom. The molecule has 0 spiro atoms. The molecule has 0 saturated carbocycles. The first-order chi connectivity index (χ1) is 9.12. The van der Waals surface area contributed by atoms with Gasteiger partial charge in [0.2, 0.25) is 10.0 Å². The normalized spacial score (nSPS) is 14.3. The highest BCUT2D eigenvalue weighted by Crippen LogP contribution is 2.23. The van der Waals surface area contributed by atoms with Gasteiger partial charge in [0.05, 0.1) is 17.1 Å². The van der Waals surface area contributed by atoms with E-state index in [2.05, 4.69) is 0 Å². The van der Waals surface area contributed by atoms with Gasteiger partial charge in [-0.2, -0.15) is 5.26 Å². The molecule has 0 saturated heterocycles. The molecule has 3 N–H and O–H groups in total. The zero-order chi connectivity index (χ0) is 15.6. The van der Waals surface area contributed by atoms with Crippen LogP contribution in [0.25, 0.3) is 0 Å². The number of nitrogens with zero attached hydrogens (tertiary/aromatic N) is 1. The van der Waals surface area contributed by atoms with Crippen molar-refractivity contribution in [3.05, 3.63) is 28.8 Å². The molecule has 20 heavy (non-hydrogen) atoms. The third-order valence-corrected chi connectivity index (χ3v) is 4.20. The molecule has 1 aromatic rings. The molecule has 0 heterocycles. The van der Waals surface area contributed by atoms with Crippen LogP contribution in [0, 0.1) is 11.3 Å². The number of sulfonamides is 1. The summed E-state index contributed by atoms with van der Waals surface area (Å²) in [5.74, 6) is -1.58. The van der Waals surface area contributed by atoms with E-state index in [4.69, 9.17) is 22.0 Å². The van der Waals surface area contributed by atoms with Gasteiger partial charge in [-0.15, -0.1) is 0 Å². The molecule has 0 radical (unpaired) electrons. The Kier molecular flexibility index (Phi) is 4.73. The van der Waals surface area contributed by atoms with Crippen molar-refractivity contribution in [2.45, 2.75) is 17.4 Å². The van der Waals surface area contributed by atoms with Crippen molar-refractivity contribution in [2.24, 2.45) is 0 Å². The van der Waals surface area contributed by atoms with Crippen LogP contribution in [0.4, 0.5) is 0 Å². The highest BCUT2D eigenvalue weighted by Gasteiger charge is 2.32. The van der Waals surface area contributed by atoms with E-state index < -0.39 is 28.1 Å². The summed E-state index contributed by atoms with van der Waals surface area (Å²) in [7, 11) is -4.17. The summed E-state index contributed by atoms with van der Waals surface area (Å²) in [6.45, 7) is 0.197. The molecule has 0 aromatic heterocycles. The number of carbonyl (C=O) groups is 1. The van der Waals surface area contributed by atoms with E-state index in [-0.39, 0.29) is 15.5 Å². The van der Waals surface area contributed by atoms with Crippen molar-refractivity contribution in [3.8, 4) is 6.07 Å². The molecule has 1 unspecified atom stereocenters. The molecule has 108 valence electrons. The average molecular weight is 319 g/mol. The summed E-state index contributed by atoms with van der Waals surface area (Å²) in [5, 5.41) is 27.0. The van der Waals surface area contributed by atoms with Gasteiger partial charge in [0, 0.05) is 0 Å². The third kappa shape index (κ3) is 3.46. The van der Waals surface area contributed by atoms with Gasteiger partial charge in [-0.25, -0.2) is 17.9 Å². The van der Waals surface area contributed by atoms with Gasteiger partial charge in [0.25, 0.3) is 0 Å². The fourth-order valence-corrected chi connectivity index (χ4v) is 2.81. The summed E-state index contributed by atoms with van der Waals surface area (Å²) in [5.41, 5.74) is -2.52. The number of nitrogens with one attached hydrogen (secondary N) is 1. The Bertz CT molecular complexity index is 679. The number of hydrogen-bond donors (Lipinski definition) is 3. The van der Waals surface area contributed by atoms with E-state index in [1.807, 2.05) is 4.72 Å². The monoisotopic (exact) mass is 318 g/mol. The third-order valence-electron chi connectivity index (χ3n) is 2.44. The van der Waals surface area contributed by atoms with Crippen molar-refractivity contribution in [1.29, 1.82) is 5.26 Å². The van der Waals surface area contributed by atoms with Gasteiger partial charge in [-0.05, 0) is 19.1 Å². The first-order valence-electron chi connectivity index (χ1n) is 5.26. The lowest BCUT2D eigenvalue weighted by molar-refractivity contribution is -0.155. The largest absolute Gasteiger partial charge is 0.479 e. The molecule has 0 bridgehead atoms.